The van der Waals surface area contributed by atoms with Gasteiger partial charge in [-0.05, 0) is 48.4 Å². The summed E-state index contributed by atoms with van der Waals surface area (Å²) in [7, 11) is 0. The third-order valence-electron chi connectivity index (χ3n) is 4.01. The van der Waals surface area contributed by atoms with E-state index in [4.69, 9.17) is 4.74 Å². The fourth-order valence-corrected chi connectivity index (χ4v) is 2.88. The summed E-state index contributed by atoms with van der Waals surface area (Å²) in [5.41, 5.74) is 5.09. The van der Waals surface area contributed by atoms with E-state index in [0.717, 1.165) is 15.6 Å². The lowest BCUT2D eigenvalue weighted by atomic mass is 10.1. The standard InChI is InChI=1S/C22H19BrN2O3/c1-15(22(27)25-24-14-18-13-19(23)9-12-21(18)26)28-20-10-7-17(8-11-20)16-5-3-2-4-6-16/h2-15,26H,1H3,(H,25,27). The van der Waals surface area contributed by atoms with Crippen molar-refractivity contribution in [2.45, 2.75) is 13.0 Å². The van der Waals surface area contributed by atoms with Crippen molar-refractivity contribution < 1.29 is 14.6 Å². The summed E-state index contributed by atoms with van der Waals surface area (Å²) in [6.07, 6.45) is 0.648. The topological polar surface area (TPSA) is 70.9 Å². The van der Waals surface area contributed by atoms with Gasteiger partial charge in [0.2, 0.25) is 0 Å². The van der Waals surface area contributed by atoms with E-state index in [1.807, 2.05) is 54.6 Å². The van der Waals surface area contributed by atoms with Crippen LogP contribution in [0.15, 0.2) is 82.4 Å². The number of halogens is 1. The van der Waals surface area contributed by atoms with Crippen LogP contribution in [0.2, 0.25) is 0 Å². The van der Waals surface area contributed by atoms with Gasteiger partial charge >= 0.3 is 0 Å². The number of phenolic OH excluding ortho intramolecular Hbond substituents is 1. The van der Waals surface area contributed by atoms with Crippen LogP contribution in [-0.2, 0) is 4.79 Å². The minimum Gasteiger partial charge on any atom is -0.507 e. The number of carbonyl (C=O) groups excluding carboxylic acids is 1. The van der Waals surface area contributed by atoms with Crippen molar-refractivity contribution in [2.75, 3.05) is 0 Å². The number of nitrogens with zero attached hydrogens (tertiary/aromatic N) is 1. The van der Waals surface area contributed by atoms with Gasteiger partial charge in [-0.2, -0.15) is 5.10 Å². The minimum absolute atomic E-state index is 0.0732. The van der Waals surface area contributed by atoms with Crippen LogP contribution in [0.1, 0.15) is 12.5 Å². The quantitative estimate of drug-likeness (QED) is 0.431. The van der Waals surface area contributed by atoms with Crippen molar-refractivity contribution in [3.8, 4) is 22.6 Å². The number of hydrogen-bond donors (Lipinski definition) is 2. The number of hydrazone groups is 1. The summed E-state index contributed by atoms with van der Waals surface area (Å²) in [5.74, 6) is 0.276. The third kappa shape index (κ3) is 5.20. The molecule has 2 N–H and O–H groups in total. The van der Waals surface area contributed by atoms with E-state index >= 15 is 0 Å². The van der Waals surface area contributed by atoms with E-state index in [0.29, 0.717) is 11.3 Å². The summed E-state index contributed by atoms with van der Waals surface area (Å²) < 4.78 is 6.47. The fraction of sp³-hybridized carbons (Fsp3) is 0.0909. The molecular formula is C22H19BrN2O3. The Morgan fingerprint density at radius 3 is 2.46 bits per heavy atom. The highest BCUT2D eigenvalue weighted by Gasteiger charge is 2.14. The molecule has 0 saturated heterocycles. The number of hydrogen-bond acceptors (Lipinski definition) is 4. The summed E-state index contributed by atoms with van der Waals surface area (Å²) in [6.45, 7) is 1.65. The number of amides is 1. The van der Waals surface area contributed by atoms with Crippen LogP contribution in [0.25, 0.3) is 11.1 Å². The normalized spacial score (nSPS) is 11.9. The molecule has 1 amide bonds. The zero-order chi connectivity index (χ0) is 19.9. The van der Waals surface area contributed by atoms with Gasteiger partial charge < -0.3 is 9.84 Å². The second-order valence-corrected chi connectivity index (χ2v) is 7.00. The highest BCUT2D eigenvalue weighted by atomic mass is 79.9. The summed E-state index contributed by atoms with van der Waals surface area (Å²) in [4.78, 5) is 12.2. The Bertz CT molecular complexity index is 973. The predicted octanol–water partition coefficient (Wildman–Crippen LogP) is 4.74. The Hall–Kier alpha value is -3.12. The third-order valence-corrected chi connectivity index (χ3v) is 4.50. The number of benzene rings is 3. The Morgan fingerprint density at radius 1 is 1.07 bits per heavy atom. The van der Waals surface area contributed by atoms with E-state index in [-0.39, 0.29) is 5.75 Å². The molecule has 3 rings (SSSR count). The van der Waals surface area contributed by atoms with Gasteiger partial charge in [0.15, 0.2) is 6.10 Å². The van der Waals surface area contributed by atoms with Crippen molar-refractivity contribution in [2.24, 2.45) is 5.10 Å². The van der Waals surface area contributed by atoms with Crippen LogP contribution in [-0.4, -0.2) is 23.3 Å². The van der Waals surface area contributed by atoms with Gasteiger partial charge in [0.05, 0.1) is 6.21 Å². The van der Waals surface area contributed by atoms with Gasteiger partial charge in [-0.25, -0.2) is 5.43 Å². The molecule has 0 fully saturated rings. The SMILES string of the molecule is CC(Oc1ccc(-c2ccccc2)cc1)C(=O)NN=Cc1cc(Br)ccc1O. The van der Waals surface area contributed by atoms with E-state index < -0.39 is 12.0 Å². The summed E-state index contributed by atoms with van der Waals surface area (Å²) >= 11 is 3.32. The van der Waals surface area contributed by atoms with Crippen molar-refractivity contribution in [3.05, 3.63) is 82.8 Å². The molecule has 1 atom stereocenters. The molecular weight excluding hydrogens is 420 g/mol. The average Bonchev–Trinajstić information content (AvgIpc) is 2.71. The Balaban J connectivity index is 1.56. The van der Waals surface area contributed by atoms with Gasteiger partial charge in [0.1, 0.15) is 11.5 Å². The Labute approximate surface area is 171 Å². The molecule has 0 saturated carbocycles. The maximum Gasteiger partial charge on any atom is 0.280 e. The highest BCUT2D eigenvalue weighted by Crippen LogP contribution is 2.23. The van der Waals surface area contributed by atoms with E-state index in [9.17, 15) is 9.90 Å². The molecule has 5 nitrogen and oxygen atoms in total. The second kappa shape index (κ2) is 9.19. The lowest BCUT2D eigenvalue weighted by Crippen LogP contribution is -2.33. The average molecular weight is 439 g/mol. The van der Waals surface area contributed by atoms with Gasteiger partial charge in [-0.3, -0.25) is 4.79 Å². The molecule has 0 heterocycles. The summed E-state index contributed by atoms with van der Waals surface area (Å²) in [5, 5.41) is 13.6. The van der Waals surface area contributed by atoms with Crippen molar-refractivity contribution >= 4 is 28.1 Å². The first-order chi connectivity index (χ1) is 13.5. The monoisotopic (exact) mass is 438 g/mol. The first-order valence-electron chi connectivity index (χ1n) is 8.66. The maximum absolute atomic E-state index is 12.2. The molecule has 0 spiro atoms. The molecule has 0 bridgehead atoms. The van der Waals surface area contributed by atoms with Crippen LogP contribution in [0.3, 0.4) is 0 Å². The zero-order valence-corrected chi connectivity index (χ0v) is 16.8. The van der Waals surface area contributed by atoms with Crippen LogP contribution in [0, 0.1) is 0 Å². The first-order valence-corrected chi connectivity index (χ1v) is 9.46. The van der Waals surface area contributed by atoms with Crippen LogP contribution >= 0.6 is 15.9 Å². The lowest BCUT2D eigenvalue weighted by Gasteiger charge is -2.13. The molecule has 0 aliphatic rings. The van der Waals surface area contributed by atoms with Gasteiger partial charge in [-0.1, -0.05) is 58.4 Å². The number of rotatable bonds is 6. The van der Waals surface area contributed by atoms with Crippen molar-refractivity contribution in [3.63, 3.8) is 0 Å². The van der Waals surface area contributed by atoms with E-state index in [2.05, 4.69) is 26.5 Å². The highest BCUT2D eigenvalue weighted by molar-refractivity contribution is 9.10. The number of nitrogens with one attached hydrogen (secondary N) is 1. The molecule has 1 unspecified atom stereocenters. The molecule has 0 aromatic heterocycles. The minimum atomic E-state index is -0.726. The van der Waals surface area contributed by atoms with Crippen LogP contribution < -0.4 is 10.2 Å². The largest absolute Gasteiger partial charge is 0.507 e. The van der Waals surface area contributed by atoms with Crippen molar-refractivity contribution in [1.29, 1.82) is 0 Å². The van der Waals surface area contributed by atoms with E-state index in [1.165, 1.54) is 12.3 Å². The van der Waals surface area contributed by atoms with Gasteiger partial charge in [0, 0.05) is 10.0 Å². The molecule has 0 aliphatic heterocycles. The second-order valence-electron chi connectivity index (χ2n) is 6.09. The molecule has 0 aliphatic carbocycles. The first kappa shape index (κ1) is 19.6. The number of aromatic hydroxyl groups is 1. The van der Waals surface area contributed by atoms with Gasteiger partial charge in [-0.15, -0.1) is 0 Å². The Kier molecular flexibility index (Phi) is 6.45. The molecule has 3 aromatic carbocycles. The number of ether oxygens (including phenoxy) is 1. The smallest absolute Gasteiger partial charge is 0.280 e. The maximum atomic E-state index is 12.2. The fourth-order valence-electron chi connectivity index (χ4n) is 2.50. The molecule has 142 valence electrons. The number of carbonyl (C=O) groups is 1. The summed E-state index contributed by atoms with van der Waals surface area (Å²) in [6, 6.07) is 22.5. The molecule has 6 heteroatoms. The van der Waals surface area contributed by atoms with Gasteiger partial charge in [0.25, 0.3) is 5.91 Å². The molecule has 28 heavy (non-hydrogen) atoms. The molecule has 3 aromatic rings. The van der Waals surface area contributed by atoms with E-state index in [1.54, 1.807) is 19.1 Å². The van der Waals surface area contributed by atoms with Crippen molar-refractivity contribution in [1.82, 2.24) is 5.43 Å². The van der Waals surface area contributed by atoms with Crippen LogP contribution in [0.5, 0.6) is 11.5 Å². The Morgan fingerprint density at radius 2 is 1.75 bits per heavy atom. The predicted molar refractivity (Wildman–Crippen MR) is 114 cm³/mol. The van der Waals surface area contributed by atoms with Crippen LogP contribution in [0.4, 0.5) is 0 Å². The molecule has 0 radical (unpaired) electrons. The number of phenols is 1. The lowest BCUT2D eigenvalue weighted by molar-refractivity contribution is -0.127. The zero-order valence-electron chi connectivity index (χ0n) is 15.2.